The monoisotopic (exact) mass is 443 g/mol. The van der Waals surface area contributed by atoms with Crippen LogP contribution in [0.15, 0.2) is 53.0 Å². The van der Waals surface area contributed by atoms with E-state index < -0.39 is 0 Å². The van der Waals surface area contributed by atoms with E-state index in [1.165, 1.54) is 0 Å². The number of hydrogen-bond acceptors (Lipinski definition) is 4. The van der Waals surface area contributed by atoms with Crippen molar-refractivity contribution in [3.63, 3.8) is 0 Å². The minimum Gasteiger partial charge on any atom is -0.482 e. The number of carbonyl (C=O) groups excluding carboxylic acids is 2. The van der Waals surface area contributed by atoms with Gasteiger partial charge in [0.25, 0.3) is 5.91 Å². The quantitative estimate of drug-likeness (QED) is 0.771. The zero-order valence-corrected chi connectivity index (χ0v) is 17.0. The van der Waals surface area contributed by atoms with Gasteiger partial charge in [0.15, 0.2) is 6.61 Å². The summed E-state index contributed by atoms with van der Waals surface area (Å²) in [4.78, 5) is 28.6. The molecule has 0 aliphatic carbocycles. The Balaban J connectivity index is 1.31. The van der Waals surface area contributed by atoms with Gasteiger partial charge in [0.1, 0.15) is 5.75 Å². The molecule has 0 saturated carbocycles. The Hall–Kier alpha value is -2.54. The number of carbonyl (C=O) groups is 2. The SMILES string of the molecule is O=C(CCN1C(=O)COc2ccccc21)NC1CCN(c2ccccc2Br)C1. The summed E-state index contributed by atoms with van der Waals surface area (Å²) in [5, 5.41) is 3.11. The molecule has 1 fully saturated rings. The molecule has 2 aromatic rings. The highest BCUT2D eigenvalue weighted by molar-refractivity contribution is 9.10. The zero-order valence-electron chi connectivity index (χ0n) is 15.4. The van der Waals surface area contributed by atoms with Crippen LogP contribution in [-0.4, -0.2) is 44.1 Å². The molecule has 2 amide bonds. The Morgan fingerprint density at radius 2 is 1.89 bits per heavy atom. The van der Waals surface area contributed by atoms with E-state index >= 15 is 0 Å². The van der Waals surface area contributed by atoms with Gasteiger partial charge in [0.2, 0.25) is 5.91 Å². The van der Waals surface area contributed by atoms with Crippen molar-refractivity contribution < 1.29 is 14.3 Å². The first-order valence-corrected chi connectivity index (χ1v) is 10.2. The van der Waals surface area contributed by atoms with E-state index in [0.29, 0.717) is 12.3 Å². The fourth-order valence-electron chi connectivity index (χ4n) is 3.72. The number of fused-ring (bicyclic) bond motifs is 1. The number of halogens is 1. The minimum atomic E-state index is -0.118. The number of benzene rings is 2. The van der Waals surface area contributed by atoms with Crippen LogP contribution in [-0.2, 0) is 9.59 Å². The van der Waals surface area contributed by atoms with Gasteiger partial charge in [-0.2, -0.15) is 0 Å². The Morgan fingerprint density at radius 3 is 2.71 bits per heavy atom. The van der Waals surface area contributed by atoms with Crippen molar-refractivity contribution in [1.29, 1.82) is 0 Å². The molecule has 1 N–H and O–H groups in total. The second kappa shape index (κ2) is 8.22. The van der Waals surface area contributed by atoms with Crippen molar-refractivity contribution in [2.24, 2.45) is 0 Å². The standard InChI is InChI=1S/C21H22BrN3O3/c22-16-5-1-2-6-17(16)24-11-9-15(13-24)23-20(26)10-12-25-18-7-3-4-8-19(18)28-14-21(25)27/h1-8,15H,9-14H2,(H,23,26). The number of rotatable bonds is 5. The Labute approximate surface area is 172 Å². The highest BCUT2D eigenvalue weighted by atomic mass is 79.9. The summed E-state index contributed by atoms with van der Waals surface area (Å²) in [6, 6.07) is 15.7. The second-order valence-electron chi connectivity index (χ2n) is 7.00. The lowest BCUT2D eigenvalue weighted by molar-refractivity contribution is -0.122. The third kappa shape index (κ3) is 3.99. The van der Waals surface area contributed by atoms with Crippen molar-refractivity contribution in [1.82, 2.24) is 5.32 Å². The van der Waals surface area contributed by atoms with Crippen LogP contribution >= 0.6 is 15.9 Å². The molecule has 1 unspecified atom stereocenters. The fourth-order valence-corrected chi connectivity index (χ4v) is 4.25. The van der Waals surface area contributed by atoms with Crippen LogP contribution in [0.1, 0.15) is 12.8 Å². The van der Waals surface area contributed by atoms with Crippen LogP contribution in [0.5, 0.6) is 5.75 Å². The third-order valence-corrected chi connectivity index (χ3v) is 5.79. The minimum absolute atomic E-state index is 0.0160. The van der Waals surface area contributed by atoms with E-state index in [1.807, 2.05) is 42.5 Å². The lowest BCUT2D eigenvalue weighted by Crippen LogP contribution is -2.42. The van der Waals surface area contributed by atoms with Crippen molar-refractivity contribution in [2.75, 3.05) is 36.0 Å². The first-order chi connectivity index (χ1) is 13.6. The number of ether oxygens (including phenoxy) is 1. The number of nitrogens with zero attached hydrogens (tertiary/aromatic N) is 2. The normalized spacial score (nSPS) is 18.6. The largest absolute Gasteiger partial charge is 0.482 e. The molecular weight excluding hydrogens is 422 g/mol. The molecule has 2 aliphatic heterocycles. The van der Waals surface area contributed by atoms with Gasteiger partial charge in [0, 0.05) is 36.6 Å². The van der Waals surface area contributed by atoms with Gasteiger partial charge in [-0.3, -0.25) is 9.59 Å². The van der Waals surface area contributed by atoms with Gasteiger partial charge in [0.05, 0.1) is 11.4 Å². The second-order valence-corrected chi connectivity index (χ2v) is 7.86. The Morgan fingerprint density at radius 1 is 1.14 bits per heavy atom. The van der Waals surface area contributed by atoms with Crippen molar-refractivity contribution in [2.45, 2.75) is 18.9 Å². The molecule has 7 heteroatoms. The third-order valence-electron chi connectivity index (χ3n) is 5.12. The molecule has 0 spiro atoms. The van der Waals surface area contributed by atoms with Crippen LogP contribution in [0.25, 0.3) is 0 Å². The summed E-state index contributed by atoms with van der Waals surface area (Å²) >= 11 is 3.59. The van der Waals surface area contributed by atoms with Crippen LogP contribution in [0.3, 0.4) is 0 Å². The van der Waals surface area contributed by atoms with Crippen molar-refractivity contribution >= 4 is 39.1 Å². The zero-order chi connectivity index (χ0) is 19.5. The topological polar surface area (TPSA) is 61.9 Å². The first-order valence-electron chi connectivity index (χ1n) is 9.43. The lowest BCUT2D eigenvalue weighted by Gasteiger charge is -2.29. The molecule has 146 valence electrons. The maximum atomic E-state index is 12.5. The summed E-state index contributed by atoms with van der Waals surface area (Å²) in [5.74, 6) is 0.533. The van der Waals surface area contributed by atoms with Gasteiger partial charge < -0.3 is 19.9 Å². The summed E-state index contributed by atoms with van der Waals surface area (Å²) in [5.41, 5.74) is 1.88. The molecule has 28 heavy (non-hydrogen) atoms. The highest BCUT2D eigenvalue weighted by Gasteiger charge is 2.27. The molecule has 2 heterocycles. The maximum Gasteiger partial charge on any atom is 0.265 e. The van der Waals surface area contributed by atoms with E-state index in [4.69, 9.17) is 4.74 Å². The number of hydrogen-bond donors (Lipinski definition) is 1. The number of amides is 2. The van der Waals surface area contributed by atoms with Crippen LogP contribution in [0.2, 0.25) is 0 Å². The van der Waals surface area contributed by atoms with Gasteiger partial charge in [-0.15, -0.1) is 0 Å². The average Bonchev–Trinajstić information content (AvgIpc) is 3.15. The summed E-state index contributed by atoms with van der Waals surface area (Å²) in [6.07, 6.45) is 1.18. The van der Waals surface area contributed by atoms with Crippen molar-refractivity contribution in [3.05, 3.63) is 53.0 Å². The van der Waals surface area contributed by atoms with E-state index in [0.717, 1.165) is 35.4 Å². The van der Waals surface area contributed by atoms with E-state index in [9.17, 15) is 9.59 Å². The molecule has 6 nitrogen and oxygen atoms in total. The summed E-state index contributed by atoms with van der Waals surface area (Å²) < 4.78 is 6.50. The highest BCUT2D eigenvalue weighted by Crippen LogP contribution is 2.31. The number of nitrogens with one attached hydrogen (secondary N) is 1. The fraction of sp³-hybridized carbons (Fsp3) is 0.333. The summed E-state index contributed by atoms with van der Waals surface area (Å²) in [7, 11) is 0. The first kappa shape index (κ1) is 18.8. The van der Waals surface area contributed by atoms with Crippen LogP contribution in [0, 0.1) is 0 Å². The molecule has 0 aromatic heterocycles. The predicted molar refractivity (Wildman–Crippen MR) is 112 cm³/mol. The number of anilines is 2. The summed E-state index contributed by atoms with van der Waals surface area (Å²) in [6.45, 7) is 2.06. The molecule has 2 aliphatic rings. The average molecular weight is 444 g/mol. The molecule has 1 saturated heterocycles. The molecule has 0 bridgehead atoms. The van der Waals surface area contributed by atoms with E-state index in [-0.39, 0.29) is 30.9 Å². The Kier molecular flexibility index (Phi) is 5.52. The number of para-hydroxylation sites is 3. The molecule has 0 radical (unpaired) electrons. The van der Waals surface area contributed by atoms with Crippen LogP contribution < -0.4 is 19.9 Å². The smallest absolute Gasteiger partial charge is 0.265 e. The molecule has 4 rings (SSSR count). The van der Waals surface area contributed by atoms with Gasteiger partial charge in [-0.25, -0.2) is 0 Å². The maximum absolute atomic E-state index is 12.5. The van der Waals surface area contributed by atoms with Gasteiger partial charge >= 0.3 is 0 Å². The lowest BCUT2D eigenvalue weighted by atomic mass is 10.2. The molecule has 2 aromatic carbocycles. The molecular formula is C21H22BrN3O3. The molecule has 1 atom stereocenters. The van der Waals surface area contributed by atoms with Gasteiger partial charge in [-0.05, 0) is 46.6 Å². The van der Waals surface area contributed by atoms with Gasteiger partial charge in [-0.1, -0.05) is 24.3 Å². The van der Waals surface area contributed by atoms with E-state index in [2.05, 4.69) is 32.2 Å². The predicted octanol–water partition coefficient (Wildman–Crippen LogP) is 2.96. The van der Waals surface area contributed by atoms with Crippen molar-refractivity contribution in [3.8, 4) is 5.75 Å². The van der Waals surface area contributed by atoms with E-state index in [1.54, 1.807) is 4.90 Å². The van der Waals surface area contributed by atoms with Crippen LogP contribution in [0.4, 0.5) is 11.4 Å². The Bertz CT molecular complexity index is 889.